The third kappa shape index (κ3) is 6.83. The van der Waals surface area contributed by atoms with Crippen molar-refractivity contribution >= 4 is 34.8 Å². The van der Waals surface area contributed by atoms with E-state index in [9.17, 15) is 0 Å². The smallest absolute Gasteiger partial charge is 0.192 e. The molecule has 0 fully saturated rings. The Labute approximate surface area is 63.9 Å². The minimum Gasteiger partial charge on any atom is -0.385 e. The molecular formula is C4H7Cl3O. The lowest BCUT2D eigenvalue weighted by Crippen LogP contribution is -2.05. The van der Waals surface area contributed by atoms with E-state index in [1.807, 2.05) is 0 Å². The molecule has 0 atom stereocenters. The predicted octanol–water partition coefficient (Wildman–Crippen LogP) is 2.39. The normalized spacial score (nSPS) is 12.0. The third-order valence-electron chi connectivity index (χ3n) is 0.590. The van der Waals surface area contributed by atoms with E-state index in [0.717, 1.165) is 0 Å². The molecular weight excluding hydrogens is 170 g/mol. The zero-order valence-corrected chi connectivity index (χ0v) is 6.72. The van der Waals surface area contributed by atoms with Gasteiger partial charge in [-0.15, -0.1) is 0 Å². The maximum Gasteiger partial charge on any atom is 0.192 e. The minimum atomic E-state index is -1.16. The molecule has 0 rings (SSSR count). The van der Waals surface area contributed by atoms with Crippen LogP contribution in [0.4, 0.5) is 0 Å². The van der Waals surface area contributed by atoms with Crippen LogP contribution in [0.1, 0.15) is 6.42 Å². The summed E-state index contributed by atoms with van der Waals surface area (Å²) >= 11 is 16.1. The monoisotopic (exact) mass is 176 g/mol. The highest BCUT2D eigenvalue weighted by molar-refractivity contribution is 6.67. The average Bonchev–Trinajstić information content (AvgIpc) is 1.59. The summed E-state index contributed by atoms with van der Waals surface area (Å²) in [5, 5.41) is 0. The first kappa shape index (κ1) is 8.83. The fourth-order valence-corrected chi connectivity index (χ4v) is 0.449. The van der Waals surface area contributed by atoms with Crippen molar-refractivity contribution < 1.29 is 4.74 Å². The lowest BCUT2D eigenvalue weighted by atomic mass is 10.5. The van der Waals surface area contributed by atoms with Gasteiger partial charge in [-0.3, -0.25) is 0 Å². The molecule has 0 N–H and O–H groups in total. The van der Waals surface area contributed by atoms with Crippen molar-refractivity contribution in [3.8, 4) is 0 Å². The van der Waals surface area contributed by atoms with Crippen molar-refractivity contribution in [1.29, 1.82) is 0 Å². The Kier molecular flexibility index (Phi) is 4.17. The zero-order chi connectivity index (χ0) is 6.62. The molecule has 0 radical (unpaired) electrons. The molecule has 0 aliphatic rings. The van der Waals surface area contributed by atoms with E-state index in [1.54, 1.807) is 7.11 Å². The quantitative estimate of drug-likeness (QED) is 0.589. The number of alkyl halides is 3. The number of rotatable bonds is 2. The largest absolute Gasteiger partial charge is 0.385 e. The lowest BCUT2D eigenvalue weighted by Gasteiger charge is -2.07. The van der Waals surface area contributed by atoms with Crippen LogP contribution >= 0.6 is 34.8 Å². The van der Waals surface area contributed by atoms with Crippen molar-refractivity contribution in [3.63, 3.8) is 0 Å². The average molecular weight is 177 g/mol. The lowest BCUT2D eigenvalue weighted by molar-refractivity contribution is 0.196. The van der Waals surface area contributed by atoms with Gasteiger partial charge >= 0.3 is 0 Å². The van der Waals surface area contributed by atoms with E-state index in [2.05, 4.69) is 4.74 Å². The van der Waals surface area contributed by atoms with Gasteiger partial charge in [0.05, 0.1) is 6.61 Å². The number of methoxy groups -OCH3 is 1. The molecule has 8 heavy (non-hydrogen) atoms. The van der Waals surface area contributed by atoms with Crippen LogP contribution in [0.15, 0.2) is 0 Å². The highest BCUT2D eigenvalue weighted by Crippen LogP contribution is 2.29. The van der Waals surface area contributed by atoms with E-state index in [1.165, 1.54) is 0 Å². The van der Waals surface area contributed by atoms with Crippen LogP contribution < -0.4 is 0 Å². The van der Waals surface area contributed by atoms with Gasteiger partial charge in [-0.2, -0.15) is 0 Å². The number of ether oxygens (including phenoxy) is 1. The SMILES string of the molecule is COCCC(Cl)(Cl)Cl. The van der Waals surface area contributed by atoms with E-state index < -0.39 is 3.79 Å². The Morgan fingerprint density at radius 2 is 1.88 bits per heavy atom. The summed E-state index contributed by atoms with van der Waals surface area (Å²) in [5.41, 5.74) is 0. The summed E-state index contributed by atoms with van der Waals surface area (Å²) in [6, 6.07) is 0. The molecule has 1 nitrogen and oxygen atoms in total. The second-order valence-corrected chi connectivity index (χ2v) is 3.87. The van der Waals surface area contributed by atoms with Gasteiger partial charge in [-0.25, -0.2) is 0 Å². The van der Waals surface area contributed by atoms with Gasteiger partial charge in [0.25, 0.3) is 0 Å². The van der Waals surface area contributed by atoms with Crippen LogP contribution in [0.3, 0.4) is 0 Å². The molecule has 0 bridgehead atoms. The van der Waals surface area contributed by atoms with Crippen LogP contribution in [-0.4, -0.2) is 17.5 Å². The minimum absolute atomic E-state index is 0.439. The second kappa shape index (κ2) is 3.78. The van der Waals surface area contributed by atoms with Gasteiger partial charge in [0.1, 0.15) is 0 Å². The van der Waals surface area contributed by atoms with Crippen LogP contribution in [-0.2, 0) is 4.74 Å². The molecule has 4 heteroatoms. The van der Waals surface area contributed by atoms with Crippen LogP contribution in [0.2, 0.25) is 0 Å². The van der Waals surface area contributed by atoms with Gasteiger partial charge < -0.3 is 4.74 Å². The molecule has 0 amide bonds. The van der Waals surface area contributed by atoms with Crippen molar-refractivity contribution in [1.82, 2.24) is 0 Å². The molecule has 0 spiro atoms. The van der Waals surface area contributed by atoms with Crippen LogP contribution in [0.25, 0.3) is 0 Å². The first-order valence-electron chi connectivity index (χ1n) is 2.12. The summed E-state index contributed by atoms with van der Waals surface area (Å²) in [5.74, 6) is 0. The molecule has 0 aliphatic heterocycles. The molecule has 0 aliphatic carbocycles. The maximum absolute atomic E-state index is 5.36. The predicted molar refractivity (Wildman–Crippen MR) is 36.8 cm³/mol. The molecule has 0 heterocycles. The maximum atomic E-state index is 5.36. The molecule has 0 aromatic carbocycles. The first-order chi connectivity index (χ1) is 3.56. The summed E-state index contributed by atoms with van der Waals surface area (Å²) in [7, 11) is 1.57. The third-order valence-corrected chi connectivity index (χ3v) is 1.16. The fraction of sp³-hybridized carbons (Fsp3) is 1.00. The Morgan fingerprint density at radius 1 is 1.38 bits per heavy atom. The molecule has 0 aromatic rings. The molecule has 0 aromatic heterocycles. The van der Waals surface area contributed by atoms with Crippen LogP contribution in [0.5, 0.6) is 0 Å². The number of hydrogen-bond acceptors (Lipinski definition) is 1. The summed E-state index contributed by atoms with van der Waals surface area (Å²) < 4.78 is 3.51. The van der Waals surface area contributed by atoms with E-state index in [-0.39, 0.29) is 0 Å². The molecule has 0 unspecified atom stereocenters. The zero-order valence-electron chi connectivity index (χ0n) is 4.46. The molecule has 50 valence electrons. The summed E-state index contributed by atoms with van der Waals surface area (Å²) in [6.45, 7) is 0.483. The van der Waals surface area contributed by atoms with E-state index in [4.69, 9.17) is 34.8 Å². The number of hydrogen-bond donors (Lipinski definition) is 0. The van der Waals surface area contributed by atoms with Gasteiger partial charge in [-0.1, -0.05) is 34.8 Å². The summed E-state index contributed by atoms with van der Waals surface area (Å²) in [6.07, 6.45) is 0.439. The second-order valence-electron chi connectivity index (χ2n) is 1.36. The van der Waals surface area contributed by atoms with E-state index in [0.29, 0.717) is 13.0 Å². The topological polar surface area (TPSA) is 9.23 Å². The van der Waals surface area contributed by atoms with Gasteiger partial charge in [0.2, 0.25) is 0 Å². The Balaban J connectivity index is 3.11. The highest BCUT2D eigenvalue weighted by Gasteiger charge is 2.17. The molecule has 0 saturated carbocycles. The van der Waals surface area contributed by atoms with Crippen molar-refractivity contribution in [3.05, 3.63) is 0 Å². The highest BCUT2D eigenvalue weighted by atomic mass is 35.6. The van der Waals surface area contributed by atoms with Crippen molar-refractivity contribution in [2.75, 3.05) is 13.7 Å². The Morgan fingerprint density at radius 3 is 2.00 bits per heavy atom. The standard InChI is InChI=1S/C4H7Cl3O/c1-8-3-2-4(5,6)7/h2-3H2,1H3. The number of halogens is 3. The first-order valence-corrected chi connectivity index (χ1v) is 3.25. The summed E-state index contributed by atoms with van der Waals surface area (Å²) in [4.78, 5) is 0. The van der Waals surface area contributed by atoms with Gasteiger partial charge in [-0.05, 0) is 0 Å². The van der Waals surface area contributed by atoms with E-state index >= 15 is 0 Å². The van der Waals surface area contributed by atoms with Crippen LogP contribution in [0, 0.1) is 0 Å². The van der Waals surface area contributed by atoms with Crippen molar-refractivity contribution in [2.24, 2.45) is 0 Å². The fourth-order valence-electron chi connectivity index (χ4n) is 0.218. The Bertz CT molecular complexity index is 58.8. The van der Waals surface area contributed by atoms with Gasteiger partial charge in [0.15, 0.2) is 3.79 Å². The van der Waals surface area contributed by atoms with Gasteiger partial charge in [0, 0.05) is 13.5 Å². The van der Waals surface area contributed by atoms with Crippen molar-refractivity contribution in [2.45, 2.75) is 10.2 Å². The molecule has 0 saturated heterocycles. The Hall–Kier alpha value is 0.830.